The molecule has 1 saturated heterocycles. The predicted molar refractivity (Wildman–Crippen MR) is 149 cm³/mol. The molecular formula is C28H24BrFN2O5S. The molecule has 0 saturated carbocycles. The number of ether oxygens (including phenoxy) is 2. The third-order valence-corrected chi connectivity index (χ3v) is 7.00. The van der Waals surface area contributed by atoms with Crippen molar-refractivity contribution in [3.8, 4) is 11.5 Å². The molecule has 1 fully saturated rings. The molecule has 1 N–H and O–H groups in total. The average Bonchev–Trinajstić information content (AvgIpc) is 3.09. The maximum Gasteiger partial charge on any atom is 0.294 e. The van der Waals surface area contributed by atoms with Gasteiger partial charge in [-0.2, -0.15) is 0 Å². The fraction of sp³-hybridized carbons (Fsp3) is 0.179. The van der Waals surface area contributed by atoms with Gasteiger partial charge in [0.15, 0.2) is 11.5 Å². The van der Waals surface area contributed by atoms with Crippen molar-refractivity contribution in [1.29, 1.82) is 0 Å². The van der Waals surface area contributed by atoms with Gasteiger partial charge in [0.05, 0.1) is 16.5 Å². The topological polar surface area (TPSA) is 84.9 Å². The van der Waals surface area contributed by atoms with E-state index in [0.29, 0.717) is 32.8 Å². The number of nitrogens with one attached hydrogen (secondary N) is 1. The number of benzene rings is 3. The minimum Gasteiger partial charge on any atom is -0.493 e. The monoisotopic (exact) mass is 598 g/mol. The zero-order valence-corrected chi connectivity index (χ0v) is 23.2. The number of halogens is 2. The third-order valence-electron chi connectivity index (χ3n) is 5.50. The number of rotatable bonds is 8. The van der Waals surface area contributed by atoms with E-state index >= 15 is 0 Å². The van der Waals surface area contributed by atoms with Gasteiger partial charge in [0, 0.05) is 5.69 Å². The van der Waals surface area contributed by atoms with Gasteiger partial charge in [-0.05, 0) is 106 Å². The Hall–Kier alpha value is -3.63. The second-order valence-corrected chi connectivity index (χ2v) is 10.5. The molecule has 1 aliphatic heterocycles. The number of aryl methyl sites for hydroxylation is 2. The highest BCUT2D eigenvalue weighted by Crippen LogP contribution is 2.39. The Labute approximate surface area is 232 Å². The molecule has 3 amide bonds. The van der Waals surface area contributed by atoms with E-state index in [2.05, 4.69) is 21.2 Å². The van der Waals surface area contributed by atoms with E-state index in [1.165, 1.54) is 19.2 Å². The first-order chi connectivity index (χ1) is 18.1. The van der Waals surface area contributed by atoms with Crippen LogP contribution in [-0.2, 0) is 16.2 Å². The van der Waals surface area contributed by atoms with E-state index in [0.717, 1.165) is 27.8 Å². The summed E-state index contributed by atoms with van der Waals surface area (Å²) in [5.74, 6) is -0.594. The minimum atomic E-state index is -0.558. The molecule has 1 heterocycles. The number of methoxy groups -OCH3 is 1. The van der Waals surface area contributed by atoms with Gasteiger partial charge in [-0.15, -0.1) is 0 Å². The molecule has 0 aromatic heterocycles. The summed E-state index contributed by atoms with van der Waals surface area (Å²) in [6, 6.07) is 15.1. The van der Waals surface area contributed by atoms with Gasteiger partial charge in [0.25, 0.3) is 11.1 Å². The summed E-state index contributed by atoms with van der Waals surface area (Å²) in [7, 11) is 1.48. The zero-order chi connectivity index (χ0) is 27.4. The van der Waals surface area contributed by atoms with Crippen LogP contribution in [0.25, 0.3) is 6.08 Å². The SMILES string of the molecule is COc1cc(/C=C2/SC(=O)N(CC(=O)Nc3cc(C)cc(C)c3)C2=O)cc(Br)c1OCc1cccc(F)c1. The minimum absolute atomic E-state index is 0.120. The first kappa shape index (κ1) is 27.4. The highest BCUT2D eigenvalue weighted by molar-refractivity contribution is 9.10. The van der Waals surface area contributed by atoms with Crippen LogP contribution in [0.3, 0.4) is 0 Å². The lowest BCUT2D eigenvalue weighted by Gasteiger charge is -2.14. The van der Waals surface area contributed by atoms with Gasteiger partial charge >= 0.3 is 0 Å². The molecule has 0 atom stereocenters. The quantitative estimate of drug-likeness (QED) is 0.299. The normalized spacial score (nSPS) is 14.2. The summed E-state index contributed by atoms with van der Waals surface area (Å²) >= 11 is 4.22. The van der Waals surface area contributed by atoms with Gasteiger partial charge in [0.1, 0.15) is 19.0 Å². The Kier molecular flexibility index (Phi) is 8.53. The zero-order valence-electron chi connectivity index (χ0n) is 20.8. The number of carbonyl (C=O) groups is 3. The predicted octanol–water partition coefficient (Wildman–Crippen LogP) is 6.47. The van der Waals surface area contributed by atoms with Crippen LogP contribution < -0.4 is 14.8 Å². The summed E-state index contributed by atoms with van der Waals surface area (Å²) in [5, 5.41) is 2.21. The van der Waals surface area contributed by atoms with Crippen LogP contribution in [0.1, 0.15) is 22.3 Å². The Bertz CT molecular complexity index is 1440. The molecule has 3 aromatic rings. The van der Waals surface area contributed by atoms with E-state index in [1.807, 2.05) is 32.0 Å². The first-order valence-electron chi connectivity index (χ1n) is 11.5. The van der Waals surface area contributed by atoms with Crippen molar-refractivity contribution in [3.05, 3.63) is 92.0 Å². The average molecular weight is 599 g/mol. The summed E-state index contributed by atoms with van der Waals surface area (Å²) in [4.78, 5) is 39.1. The Balaban J connectivity index is 1.47. The Morgan fingerprint density at radius 1 is 1.11 bits per heavy atom. The van der Waals surface area contributed by atoms with Crippen molar-refractivity contribution in [2.45, 2.75) is 20.5 Å². The molecule has 0 spiro atoms. The third kappa shape index (κ3) is 6.62. The summed E-state index contributed by atoms with van der Waals surface area (Å²) in [6.45, 7) is 3.56. The number of imide groups is 1. The molecular weight excluding hydrogens is 575 g/mol. The maximum absolute atomic E-state index is 13.5. The van der Waals surface area contributed by atoms with Gasteiger partial charge < -0.3 is 14.8 Å². The second kappa shape index (κ2) is 11.8. The fourth-order valence-corrected chi connectivity index (χ4v) is 5.34. The smallest absolute Gasteiger partial charge is 0.294 e. The molecule has 0 radical (unpaired) electrons. The second-order valence-electron chi connectivity index (χ2n) is 8.65. The van der Waals surface area contributed by atoms with Gasteiger partial charge in [-0.1, -0.05) is 18.2 Å². The largest absolute Gasteiger partial charge is 0.493 e. The van der Waals surface area contributed by atoms with Crippen LogP contribution in [0.2, 0.25) is 0 Å². The number of carbonyl (C=O) groups excluding carboxylic acids is 3. The van der Waals surface area contributed by atoms with Crippen molar-refractivity contribution < 1.29 is 28.2 Å². The molecule has 4 rings (SSSR count). The highest BCUT2D eigenvalue weighted by Gasteiger charge is 2.36. The lowest BCUT2D eigenvalue weighted by Crippen LogP contribution is -2.36. The molecule has 1 aliphatic rings. The summed E-state index contributed by atoms with van der Waals surface area (Å²) < 4.78 is 25.3. The molecule has 0 unspecified atom stereocenters. The Morgan fingerprint density at radius 2 is 1.84 bits per heavy atom. The van der Waals surface area contributed by atoms with Crippen molar-refractivity contribution in [3.63, 3.8) is 0 Å². The molecule has 7 nitrogen and oxygen atoms in total. The molecule has 196 valence electrons. The highest BCUT2D eigenvalue weighted by atomic mass is 79.9. The van der Waals surface area contributed by atoms with E-state index in [9.17, 15) is 18.8 Å². The lowest BCUT2D eigenvalue weighted by molar-refractivity contribution is -0.127. The number of nitrogens with zero attached hydrogens (tertiary/aromatic N) is 1. The van der Waals surface area contributed by atoms with E-state index in [1.54, 1.807) is 30.3 Å². The number of anilines is 1. The number of thioether (sulfide) groups is 1. The van der Waals surface area contributed by atoms with E-state index < -0.39 is 23.6 Å². The lowest BCUT2D eigenvalue weighted by atomic mass is 10.1. The maximum atomic E-state index is 13.5. The Morgan fingerprint density at radius 3 is 2.53 bits per heavy atom. The fourth-order valence-electron chi connectivity index (χ4n) is 3.92. The molecule has 0 bridgehead atoms. The summed E-state index contributed by atoms with van der Waals surface area (Å²) in [5.41, 5.74) is 3.81. The number of amides is 3. The van der Waals surface area contributed by atoms with Crippen molar-refractivity contribution in [2.24, 2.45) is 0 Å². The molecule has 3 aromatic carbocycles. The van der Waals surface area contributed by atoms with E-state index in [4.69, 9.17) is 9.47 Å². The van der Waals surface area contributed by atoms with Crippen LogP contribution in [0, 0.1) is 19.7 Å². The standard InChI is InChI=1S/C28H24BrFN2O5S/c1-16-7-17(2)9-21(8-16)31-25(33)14-32-27(34)24(38-28(32)35)13-19-11-22(29)26(23(12-19)36-3)37-15-18-5-4-6-20(30)10-18/h4-13H,14-15H2,1-3H3,(H,31,33)/b24-13+. The van der Waals surface area contributed by atoms with Gasteiger partial charge in [-0.25, -0.2) is 4.39 Å². The molecule has 38 heavy (non-hydrogen) atoms. The van der Waals surface area contributed by atoms with Crippen LogP contribution >= 0.6 is 27.7 Å². The number of hydrogen-bond acceptors (Lipinski definition) is 6. The molecule has 0 aliphatic carbocycles. The first-order valence-corrected chi connectivity index (χ1v) is 13.1. The van der Waals surface area contributed by atoms with Crippen molar-refractivity contribution in [2.75, 3.05) is 19.0 Å². The van der Waals surface area contributed by atoms with Crippen LogP contribution in [0.4, 0.5) is 14.9 Å². The van der Waals surface area contributed by atoms with Crippen LogP contribution in [0.15, 0.2) is 64.0 Å². The molecule has 10 heteroatoms. The summed E-state index contributed by atoms with van der Waals surface area (Å²) in [6.07, 6.45) is 1.55. The van der Waals surface area contributed by atoms with Crippen LogP contribution in [0.5, 0.6) is 11.5 Å². The van der Waals surface area contributed by atoms with E-state index in [-0.39, 0.29) is 17.3 Å². The van der Waals surface area contributed by atoms with Crippen molar-refractivity contribution >= 4 is 56.5 Å². The van der Waals surface area contributed by atoms with Gasteiger partial charge in [0.2, 0.25) is 5.91 Å². The van der Waals surface area contributed by atoms with Crippen molar-refractivity contribution in [1.82, 2.24) is 4.90 Å². The van der Waals surface area contributed by atoms with Crippen LogP contribution in [-0.4, -0.2) is 35.6 Å². The number of hydrogen-bond donors (Lipinski definition) is 1. The van der Waals surface area contributed by atoms with Gasteiger partial charge in [-0.3, -0.25) is 19.3 Å².